The van der Waals surface area contributed by atoms with E-state index in [1.807, 2.05) is 0 Å². The van der Waals surface area contributed by atoms with Gasteiger partial charge in [-0.25, -0.2) is 0 Å². The molecule has 0 bridgehead atoms. The smallest absolute Gasteiger partial charge is 0.416 e. The van der Waals surface area contributed by atoms with E-state index < -0.39 is 17.2 Å². The molecule has 0 amide bonds. The van der Waals surface area contributed by atoms with Gasteiger partial charge in [0.1, 0.15) is 0 Å². The lowest BCUT2D eigenvalue weighted by Crippen LogP contribution is -2.38. The number of hydrogen-bond acceptors (Lipinski definition) is 4. The number of nitrogens with two attached hydrogens (primary N) is 1. The predicted octanol–water partition coefficient (Wildman–Crippen LogP) is 4.82. The average Bonchev–Trinajstić information content (AvgIpc) is 2.78. The Kier molecular flexibility index (Phi) is 9.02. The van der Waals surface area contributed by atoms with E-state index in [0.29, 0.717) is 48.8 Å². The Morgan fingerprint density at radius 2 is 1.78 bits per heavy atom. The lowest BCUT2D eigenvalue weighted by Gasteiger charge is -2.37. The molecule has 1 heterocycles. The third-order valence-electron chi connectivity index (χ3n) is 5.46. The number of ether oxygens (including phenoxy) is 3. The van der Waals surface area contributed by atoms with E-state index in [9.17, 15) is 13.2 Å². The van der Waals surface area contributed by atoms with Crippen LogP contribution in [0.5, 0.6) is 11.5 Å². The number of anilines is 1. The van der Waals surface area contributed by atoms with E-state index >= 15 is 0 Å². The molecule has 0 aliphatic carbocycles. The van der Waals surface area contributed by atoms with Crippen LogP contribution in [0.1, 0.15) is 24.0 Å². The van der Waals surface area contributed by atoms with Crippen LogP contribution < -0.4 is 20.5 Å². The highest BCUT2D eigenvalue weighted by Gasteiger charge is 2.37. The highest BCUT2D eigenvalue weighted by atomic mass is 127. The zero-order chi connectivity index (χ0) is 22.5. The average molecular weight is 565 g/mol. The Bertz CT molecular complexity index is 932. The van der Waals surface area contributed by atoms with Crippen LogP contribution in [0.3, 0.4) is 0 Å². The third kappa shape index (κ3) is 6.18. The number of halogens is 4. The number of nitrogens with zero attached hydrogens (tertiary/aromatic N) is 1. The number of hydrogen-bond donors (Lipinski definition) is 2. The fourth-order valence-corrected chi connectivity index (χ4v) is 3.66. The summed E-state index contributed by atoms with van der Waals surface area (Å²) in [5.41, 5.74) is 6.07. The summed E-state index contributed by atoms with van der Waals surface area (Å²) in [5.74, 6) is 1.27. The standard InChI is InChI=1S/C22H26F3N3O3.HI/c1-29-18-7-6-17(13-19(18)30-2)28-20(26)27-14-21(8-10-31-11-9-21)15-4-3-5-16(12-15)22(23,24)25;/h3-7,12-13H,8-11,14H2,1-2H3,(H3,26,27,28);1H. The van der Waals surface area contributed by atoms with Crippen molar-refractivity contribution in [2.45, 2.75) is 24.4 Å². The molecule has 0 aromatic heterocycles. The van der Waals surface area contributed by atoms with Crippen molar-refractivity contribution in [1.82, 2.24) is 0 Å². The second-order valence-electron chi connectivity index (χ2n) is 7.37. The number of guanidine groups is 1. The van der Waals surface area contributed by atoms with Crippen molar-refractivity contribution in [2.24, 2.45) is 10.7 Å². The molecule has 3 N–H and O–H groups in total. The van der Waals surface area contributed by atoms with Gasteiger partial charge in [-0.05, 0) is 36.6 Å². The van der Waals surface area contributed by atoms with Gasteiger partial charge in [0.15, 0.2) is 17.5 Å². The zero-order valence-electron chi connectivity index (χ0n) is 17.9. The maximum Gasteiger partial charge on any atom is 0.416 e. The van der Waals surface area contributed by atoms with Gasteiger partial charge in [-0.15, -0.1) is 24.0 Å². The van der Waals surface area contributed by atoms with Crippen molar-refractivity contribution >= 4 is 35.6 Å². The Labute approximate surface area is 202 Å². The van der Waals surface area contributed by atoms with Crippen LogP contribution in [0.25, 0.3) is 0 Å². The number of benzene rings is 2. The fraction of sp³-hybridized carbons (Fsp3) is 0.409. The first-order valence-electron chi connectivity index (χ1n) is 9.82. The first kappa shape index (κ1) is 26.0. The van der Waals surface area contributed by atoms with Gasteiger partial charge in [0.25, 0.3) is 0 Å². The second-order valence-corrected chi connectivity index (χ2v) is 7.37. The molecule has 6 nitrogen and oxygen atoms in total. The van der Waals surface area contributed by atoms with Gasteiger partial charge in [0, 0.05) is 30.4 Å². The molecule has 0 atom stereocenters. The lowest BCUT2D eigenvalue weighted by atomic mass is 9.74. The third-order valence-corrected chi connectivity index (χ3v) is 5.46. The van der Waals surface area contributed by atoms with Crippen molar-refractivity contribution in [3.63, 3.8) is 0 Å². The van der Waals surface area contributed by atoms with Gasteiger partial charge in [-0.1, -0.05) is 18.2 Å². The van der Waals surface area contributed by atoms with Gasteiger partial charge < -0.3 is 25.3 Å². The lowest BCUT2D eigenvalue weighted by molar-refractivity contribution is -0.137. The molecule has 10 heteroatoms. The minimum Gasteiger partial charge on any atom is -0.493 e. The SMILES string of the molecule is COc1ccc(NC(N)=NCC2(c3cccc(C(F)(F)F)c3)CCOCC2)cc1OC.I. The molecule has 32 heavy (non-hydrogen) atoms. The molecule has 0 radical (unpaired) electrons. The van der Waals surface area contributed by atoms with E-state index in [-0.39, 0.29) is 36.5 Å². The quantitative estimate of drug-likeness (QED) is 0.299. The van der Waals surface area contributed by atoms with E-state index in [0.717, 1.165) is 6.07 Å². The first-order chi connectivity index (χ1) is 14.8. The second kappa shape index (κ2) is 11.1. The summed E-state index contributed by atoms with van der Waals surface area (Å²) in [7, 11) is 3.07. The van der Waals surface area contributed by atoms with Crippen LogP contribution in [0.4, 0.5) is 18.9 Å². The minimum absolute atomic E-state index is 0. The van der Waals surface area contributed by atoms with Crippen molar-refractivity contribution < 1.29 is 27.4 Å². The van der Waals surface area contributed by atoms with E-state index in [1.165, 1.54) is 19.2 Å². The summed E-state index contributed by atoms with van der Waals surface area (Å²) in [5, 5.41) is 2.99. The van der Waals surface area contributed by atoms with Gasteiger partial charge in [0.05, 0.1) is 26.3 Å². The van der Waals surface area contributed by atoms with Gasteiger partial charge >= 0.3 is 6.18 Å². The summed E-state index contributed by atoms with van der Waals surface area (Å²) in [6.07, 6.45) is -3.29. The zero-order valence-corrected chi connectivity index (χ0v) is 20.2. The van der Waals surface area contributed by atoms with Crippen LogP contribution in [-0.2, 0) is 16.3 Å². The van der Waals surface area contributed by atoms with Crippen molar-refractivity contribution in [3.8, 4) is 11.5 Å². The van der Waals surface area contributed by atoms with Crippen LogP contribution in [0, 0.1) is 0 Å². The molecule has 1 aliphatic heterocycles. The Morgan fingerprint density at radius 3 is 2.41 bits per heavy atom. The molecule has 1 fully saturated rings. The van der Waals surface area contributed by atoms with Gasteiger partial charge in [0.2, 0.25) is 0 Å². The number of nitrogens with one attached hydrogen (secondary N) is 1. The first-order valence-corrected chi connectivity index (χ1v) is 9.82. The molecule has 176 valence electrons. The molecule has 0 spiro atoms. The molecule has 0 saturated carbocycles. The van der Waals surface area contributed by atoms with E-state index in [1.54, 1.807) is 31.4 Å². The summed E-state index contributed by atoms with van der Waals surface area (Å²) in [6.45, 7) is 1.15. The van der Waals surface area contributed by atoms with Crippen LogP contribution in [-0.4, -0.2) is 39.9 Å². The number of methoxy groups -OCH3 is 2. The Balaban J connectivity index is 0.00000363. The highest BCUT2D eigenvalue weighted by molar-refractivity contribution is 14.0. The highest BCUT2D eigenvalue weighted by Crippen LogP contribution is 2.38. The Hall–Kier alpha value is -2.21. The summed E-state index contributed by atoms with van der Waals surface area (Å²) in [4.78, 5) is 4.46. The summed E-state index contributed by atoms with van der Waals surface area (Å²) in [6, 6.07) is 10.7. The van der Waals surface area contributed by atoms with E-state index in [2.05, 4.69) is 10.3 Å². The molecular formula is C22H27F3IN3O3. The van der Waals surface area contributed by atoms with Crippen molar-refractivity contribution in [2.75, 3.05) is 39.3 Å². The van der Waals surface area contributed by atoms with Crippen molar-refractivity contribution in [3.05, 3.63) is 53.6 Å². The molecule has 2 aromatic rings. The maximum absolute atomic E-state index is 13.2. The van der Waals surface area contributed by atoms with Gasteiger partial charge in [-0.3, -0.25) is 4.99 Å². The number of alkyl halides is 3. The predicted molar refractivity (Wildman–Crippen MR) is 128 cm³/mol. The van der Waals surface area contributed by atoms with Crippen LogP contribution in [0.15, 0.2) is 47.5 Å². The topological polar surface area (TPSA) is 78.1 Å². The maximum atomic E-state index is 13.2. The van der Waals surface area contributed by atoms with Crippen molar-refractivity contribution in [1.29, 1.82) is 0 Å². The van der Waals surface area contributed by atoms with Gasteiger partial charge in [-0.2, -0.15) is 13.2 Å². The molecule has 2 aromatic carbocycles. The minimum atomic E-state index is -4.40. The summed E-state index contributed by atoms with van der Waals surface area (Å²) >= 11 is 0. The summed E-state index contributed by atoms with van der Waals surface area (Å²) < 4.78 is 55.6. The number of aliphatic imine (C=N–C) groups is 1. The normalized spacial score (nSPS) is 16.1. The monoisotopic (exact) mass is 565 g/mol. The molecule has 1 aliphatic rings. The molecule has 1 saturated heterocycles. The number of rotatable bonds is 6. The van der Waals surface area contributed by atoms with Crippen LogP contribution in [0.2, 0.25) is 0 Å². The fourth-order valence-electron chi connectivity index (χ4n) is 3.66. The molecular weight excluding hydrogens is 538 g/mol. The van der Waals surface area contributed by atoms with E-state index in [4.69, 9.17) is 19.9 Å². The largest absolute Gasteiger partial charge is 0.493 e. The molecule has 3 rings (SSSR count). The Morgan fingerprint density at radius 1 is 1.09 bits per heavy atom. The molecule has 0 unspecified atom stereocenters. The van der Waals surface area contributed by atoms with Crippen LogP contribution >= 0.6 is 24.0 Å².